The molecule has 0 aliphatic heterocycles. The van der Waals surface area contributed by atoms with Crippen molar-refractivity contribution in [3.63, 3.8) is 0 Å². The highest BCUT2D eigenvalue weighted by molar-refractivity contribution is 5.45. The van der Waals surface area contributed by atoms with Gasteiger partial charge in [0.15, 0.2) is 0 Å². The Morgan fingerprint density at radius 3 is 2.95 bits per heavy atom. The van der Waals surface area contributed by atoms with Crippen molar-refractivity contribution in [2.24, 2.45) is 5.92 Å². The van der Waals surface area contributed by atoms with E-state index in [1.54, 1.807) is 0 Å². The van der Waals surface area contributed by atoms with Crippen LogP contribution in [0.25, 0.3) is 0 Å². The molecule has 2 heteroatoms. The molecule has 0 amide bonds. The molecule has 2 nitrogen and oxygen atoms in total. The van der Waals surface area contributed by atoms with Crippen LogP contribution in [-0.2, 0) is 6.42 Å². The minimum Gasteiger partial charge on any atom is -0.490 e. The molecule has 0 saturated heterocycles. The Morgan fingerprint density at radius 1 is 1.24 bits per heavy atom. The average Bonchev–Trinajstić information content (AvgIpc) is 2.89. The lowest BCUT2D eigenvalue weighted by Gasteiger charge is -2.28. The number of fused-ring (bicyclic) bond motifs is 1. The van der Waals surface area contributed by atoms with Gasteiger partial charge in [0.25, 0.3) is 0 Å². The van der Waals surface area contributed by atoms with Gasteiger partial charge in [0, 0.05) is 6.04 Å². The van der Waals surface area contributed by atoms with E-state index in [1.807, 2.05) is 0 Å². The molecule has 0 radical (unpaired) electrons. The smallest absolute Gasteiger partial charge is 0.123 e. The second-order valence-corrected chi connectivity index (χ2v) is 6.88. The van der Waals surface area contributed by atoms with Crippen LogP contribution in [0.5, 0.6) is 5.75 Å². The Hall–Kier alpha value is -1.02. The predicted molar refractivity (Wildman–Crippen MR) is 87.8 cm³/mol. The van der Waals surface area contributed by atoms with E-state index in [1.165, 1.54) is 49.7 Å². The van der Waals surface area contributed by atoms with Crippen molar-refractivity contribution in [3.8, 4) is 5.75 Å². The summed E-state index contributed by atoms with van der Waals surface area (Å²) in [6.07, 6.45) is 9.15. The molecule has 3 rings (SSSR count). The van der Waals surface area contributed by atoms with Gasteiger partial charge in [-0.25, -0.2) is 0 Å². The van der Waals surface area contributed by atoms with Crippen LogP contribution in [0.1, 0.15) is 69.5 Å². The Kier molecular flexibility index (Phi) is 4.84. The van der Waals surface area contributed by atoms with Gasteiger partial charge in [-0.15, -0.1) is 0 Å². The van der Waals surface area contributed by atoms with Gasteiger partial charge in [-0.05, 0) is 68.2 Å². The second-order valence-electron chi connectivity index (χ2n) is 6.88. The van der Waals surface area contributed by atoms with Gasteiger partial charge in [0.2, 0.25) is 0 Å². The number of benzene rings is 1. The van der Waals surface area contributed by atoms with Crippen LogP contribution in [0, 0.1) is 5.92 Å². The molecule has 3 atom stereocenters. The highest BCUT2D eigenvalue weighted by atomic mass is 16.5. The van der Waals surface area contributed by atoms with Crippen molar-refractivity contribution in [2.45, 2.75) is 70.9 Å². The van der Waals surface area contributed by atoms with E-state index in [0.717, 1.165) is 24.6 Å². The van der Waals surface area contributed by atoms with Crippen LogP contribution >= 0.6 is 0 Å². The van der Waals surface area contributed by atoms with E-state index < -0.39 is 0 Å². The fraction of sp³-hybridized carbons (Fsp3) is 0.684. The summed E-state index contributed by atoms with van der Waals surface area (Å²) in [6, 6.07) is 7.17. The van der Waals surface area contributed by atoms with Gasteiger partial charge in [0.1, 0.15) is 5.75 Å². The van der Waals surface area contributed by atoms with Gasteiger partial charge < -0.3 is 10.1 Å². The maximum absolute atomic E-state index is 6.39. The fourth-order valence-electron chi connectivity index (χ4n) is 3.93. The first-order valence-electron chi connectivity index (χ1n) is 8.79. The van der Waals surface area contributed by atoms with Crippen molar-refractivity contribution in [2.75, 3.05) is 6.54 Å². The summed E-state index contributed by atoms with van der Waals surface area (Å²) in [7, 11) is 0. The summed E-state index contributed by atoms with van der Waals surface area (Å²) in [5.74, 6) is 1.98. The van der Waals surface area contributed by atoms with Crippen LogP contribution in [0.2, 0.25) is 0 Å². The van der Waals surface area contributed by atoms with Crippen molar-refractivity contribution < 1.29 is 4.74 Å². The van der Waals surface area contributed by atoms with Crippen LogP contribution in [0.3, 0.4) is 0 Å². The molecule has 1 fully saturated rings. The largest absolute Gasteiger partial charge is 0.490 e. The number of hydrogen-bond donors (Lipinski definition) is 1. The molecule has 2 aliphatic rings. The number of hydrogen-bond acceptors (Lipinski definition) is 2. The molecule has 0 aromatic heterocycles. The predicted octanol–water partition coefficient (Wildman–Crippen LogP) is 4.63. The van der Waals surface area contributed by atoms with Crippen LogP contribution < -0.4 is 10.1 Å². The molecule has 1 N–H and O–H groups in total. The lowest BCUT2D eigenvalue weighted by Crippen LogP contribution is -2.24. The number of nitrogens with one attached hydrogen (secondary N) is 1. The van der Waals surface area contributed by atoms with Gasteiger partial charge in [-0.3, -0.25) is 0 Å². The van der Waals surface area contributed by atoms with Crippen molar-refractivity contribution in [1.82, 2.24) is 5.32 Å². The van der Waals surface area contributed by atoms with E-state index in [2.05, 4.69) is 37.4 Å². The van der Waals surface area contributed by atoms with E-state index in [0.29, 0.717) is 12.1 Å². The summed E-state index contributed by atoms with van der Waals surface area (Å²) < 4.78 is 6.39. The zero-order valence-corrected chi connectivity index (χ0v) is 13.5. The van der Waals surface area contributed by atoms with E-state index >= 15 is 0 Å². The topological polar surface area (TPSA) is 21.3 Å². The first kappa shape index (κ1) is 14.9. The zero-order valence-electron chi connectivity index (χ0n) is 13.5. The Morgan fingerprint density at radius 2 is 2.14 bits per heavy atom. The number of ether oxygens (including phenoxy) is 1. The molecule has 21 heavy (non-hydrogen) atoms. The molecule has 116 valence electrons. The molecule has 1 saturated carbocycles. The van der Waals surface area contributed by atoms with E-state index in [9.17, 15) is 0 Å². The van der Waals surface area contributed by atoms with Gasteiger partial charge in [0.05, 0.1) is 6.10 Å². The Bertz CT molecular complexity index is 471. The highest BCUT2D eigenvalue weighted by Gasteiger charge is 2.27. The summed E-state index contributed by atoms with van der Waals surface area (Å²) in [5.41, 5.74) is 2.94. The summed E-state index contributed by atoms with van der Waals surface area (Å²) >= 11 is 0. The monoisotopic (exact) mass is 287 g/mol. The lowest BCUT2D eigenvalue weighted by atomic mass is 9.88. The average molecular weight is 287 g/mol. The molecule has 3 unspecified atom stereocenters. The van der Waals surface area contributed by atoms with Crippen LogP contribution in [0.15, 0.2) is 18.2 Å². The quantitative estimate of drug-likeness (QED) is 0.852. The molecule has 1 aromatic carbocycles. The molecule has 2 aliphatic carbocycles. The standard InChI is InChI=1S/C19H29NO/c1-3-12-20-18-11-10-17-16(18)8-5-9-19(17)21-15-7-4-6-14(2)13-15/h5,8-9,14-15,18,20H,3-4,6-7,10-13H2,1-2H3. The Balaban J connectivity index is 1.71. The minimum absolute atomic E-state index is 0.433. The van der Waals surface area contributed by atoms with Crippen LogP contribution in [0.4, 0.5) is 0 Å². The summed E-state index contributed by atoms with van der Waals surface area (Å²) in [6.45, 7) is 5.69. The Labute approximate surface area is 129 Å². The molecular formula is C19H29NO. The molecule has 0 bridgehead atoms. The SMILES string of the molecule is CCCNC1CCc2c(OC3CCCC(C)C3)cccc21. The lowest BCUT2D eigenvalue weighted by molar-refractivity contribution is 0.128. The molecule has 1 aromatic rings. The van der Waals surface area contributed by atoms with Gasteiger partial charge >= 0.3 is 0 Å². The minimum atomic E-state index is 0.433. The van der Waals surface area contributed by atoms with Crippen molar-refractivity contribution in [1.29, 1.82) is 0 Å². The van der Waals surface area contributed by atoms with Crippen molar-refractivity contribution >= 4 is 0 Å². The third kappa shape index (κ3) is 3.42. The fourth-order valence-corrected chi connectivity index (χ4v) is 3.93. The van der Waals surface area contributed by atoms with Gasteiger partial charge in [-0.2, -0.15) is 0 Å². The maximum Gasteiger partial charge on any atom is 0.123 e. The third-order valence-corrected chi connectivity index (χ3v) is 5.05. The maximum atomic E-state index is 6.39. The zero-order chi connectivity index (χ0) is 14.7. The summed E-state index contributed by atoms with van der Waals surface area (Å²) in [4.78, 5) is 0. The molecular weight excluding hydrogens is 258 g/mol. The summed E-state index contributed by atoms with van der Waals surface area (Å²) in [5, 5.41) is 3.67. The molecule has 0 heterocycles. The second kappa shape index (κ2) is 6.83. The number of rotatable bonds is 5. The first-order chi connectivity index (χ1) is 10.3. The third-order valence-electron chi connectivity index (χ3n) is 5.05. The van der Waals surface area contributed by atoms with Crippen LogP contribution in [-0.4, -0.2) is 12.6 Å². The van der Waals surface area contributed by atoms with Crippen molar-refractivity contribution in [3.05, 3.63) is 29.3 Å². The highest BCUT2D eigenvalue weighted by Crippen LogP contribution is 2.38. The normalized spacial score (nSPS) is 28.4. The van der Waals surface area contributed by atoms with E-state index in [4.69, 9.17) is 4.74 Å². The molecule has 0 spiro atoms. The first-order valence-corrected chi connectivity index (χ1v) is 8.79. The van der Waals surface area contributed by atoms with E-state index in [-0.39, 0.29) is 0 Å². The van der Waals surface area contributed by atoms with Gasteiger partial charge in [-0.1, -0.05) is 32.4 Å².